The van der Waals surface area contributed by atoms with Gasteiger partial charge in [0.2, 0.25) is 0 Å². The molecule has 9 heavy (non-hydrogen) atoms. The number of benzene rings is 1. The molecule has 0 unspecified atom stereocenters. The monoisotopic (exact) mass is 184 g/mol. The maximum atomic E-state index is 5.51. The zero-order valence-corrected chi connectivity index (χ0v) is 7.01. The summed E-state index contributed by atoms with van der Waals surface area (Å²) in [5.74, 6) is 0. The van der Waals surface area contributed by atoms with Crippen molar-refractivity contribution in [2.24, 2.45) is 0 Å². The van der Waals surface area contributed by atoms with Crippen LogP contribution in [0, 0.1) is 12.2 Å². The Hall–Kier alpha value is -0.481. The van der Waals surface area contributed by atoms with Crippen molar-refractivity contribution in [3.8, 4) is 5.23 Å². The SMILES string of the molecule is C#[Se]c1ccccc1C. The molecule has 0 heterocycles. The fraction of sp³-hybridized carbons (Fsp3) is 0.125. The Kier molecular flexibility index (Phi) is 2.13. The molecule has 0 aliphatic rings. The molecule has 0 N–H and O–H groups in total. The van der Waals surface area contributed by atoms with Gasteiger partial charge in [-0.3, -0.25) is 0 Å². The molecule has 0 aromatic heterocycles. The van der Waals surface area contributed by atoms with E-state index in [0.717, 1.165) is 0 Å². The van der Waals surface area contributed by atoms with E-state index in [1.54, 1.807) is 0 Å². The Labute approximate surface area is 61.2 Å². The van der Waals surface area contributed by atoms with Crippen molar-refractivity contribution >= 4 is 18.8 Å². The molecule has 0 spiro atoms. The summed E-state index contributed by atoms with van der Waals surface area (Å²) in [4.78, 5) is 0. The van der Waals surface area contributed by atoms with E-state index in [4.69, 9.17) is 5.23 Å². The first kappa shape index (κ1) is 6.64. The molecular formula is C8H8Se. The second kappa shape index (κ2) is 2.89. The maximum absolute atomic E-state index is 5.51. The third kappa shape index (κ3) is 1.46. The number of hydrogen-bond donors (Lipinski definition) is 0. The van der Waals surface area contributed by atoms with Crippen LogP contribution in [0.1, 0.15) is 5.56 Å². The van der Waals surface area contributed by atoms with Crippen molar-refractivity contribution in [1.82, 2.24) is 0 Å². The average molecular weight is 183 g/mol. The van der Waals surface area contributed by atoms with E-state index in [9.17, 15) is 0 Å². The van der Waals surface area contributed by atoms with Gasteiger partial charge < -0.3 is 0 Å². The first-order valence-corrected chi connectivity index (χ1v) is 4.61. The molecule has 1 rings (SSSR count). The minimum absolute atomic E-state index is 0.158. The fourth-order valence-corrected chi connectivity index (χ4v) is 1.55. The van der Waals surface area contributed by atoms with E-state index >= 15 is 0 Å². The van der Waals surface area contributed by atoms with Gasteiger partial charge in [-0.25, -0.2) is 0 Å². The second-order valence-corrected chi connectivity index (χ2v) is 3.30. The van der Waals surface area contributed by atoms with Gasteiger partial charge in [0.25, 0.3) is 0 Å². The Morgan fingerprint density at radius 1 is 1.33 bits per heavy atom. The third-order valence-corrected chi connectivity index (χ3v) is 2.71. The Morgan fingerprint density at radius 2 is 2.00 bits per heavy atom. The molecule has 0 radical (unpaired) electrons. The molecule has 1 aromatic rings. The van der Waals surface area contributed by atoms with Crippen LogP contribution in [0.2, 0.25) is 0 Å². The Bertz CT molecular complexity index is 245. The molecule has 0 nitrogen and oxygen atoms in total. The summed E-state index contributed by atoms with van der Waals surface area (Å²) in [6, 6.07) is 8.22. The molecule has 0 aliphatic heterocycles. The summed E-state index contributed by atoms with van der Waals surface area (Å²) in [6.07, 6.45) is 0. The average Bonchev–Trinajstić information content (AvgIpc) is 1.89. The number of aryl methyl sites for hydroxylation is 1. The van der Waals surface area contributed by atoms with Crippen LogP contribution in [-0.2, 0) is 0 Å². The van der Waals surface area contributed by atoms with Gasteiger partial charge in [0, 0.05) is 0 Å². The molecule has 0 atom stereocenters. The van der Waals surface area contributed by atoms with Crippen molar-refractivity contribution in [2.45, 2.75) is 6.92 Å². The minimum atomic E-state index is 0.158. The number of rotatable bonds is 0. The fourth-order valence-electron chi connectivity index (χ4n) is 0.689. The van der Waals surface area contributed by atoms with E-state index in [1.165, 1.54) is 10.0 Å². The molecule has 0 saturated carbocycles. The van der Waals surface area contributed by atoms with Crippen molar-refractivity contribution in [3.05, 3.63) is 29.8 Å². The normalized spacial score (nSPS) is 8.89. The Morgan fingerprint density at radius 3 is 2.44 bits per heavy atom. The summed E-state index contributed by atoms with van der Waals surface area (Å²) in [6.45, 7) is 2.09. The summed E-state index contributed by atoms with van der Waals surface area (Å²) >= 11 is 0.158. The first-order chi connectivity index (χ1) is 4.34. The van der Waals surface area contributed by atoms with Crippen molar-refractivity contribution in [2.75, 3.05) is 0 Å². The molecular weight excluding hydrogens is 175 g/mol. The quantitative estimate of drug-likeness (QED) is 0.524. The van der Waals surface area contributed by atoms with Crippen LogP contribution in [0.5, 0.6) is 0 Å². The molecule has 1 aromatic carbocycles. The zero-order valence-electron chi connectivity index (χ0n) is 5.29. The molecule has 0 fully saturated rings. The van der Waals surface area contributed by atoms with Gasteiger partial charge >= 0.3 is 60.8 Å². The van der Waals surface area contributed by atoms with E-state index in [1.807, 2.05) is 12.1 Å². The van der Waals surface area contributed by atoms with E-state index in [-0.39, 0.29) is 14.3 Å². The molecule has 0 bridgehead atoms. The van der Waals surface area contributed by atoms with E-state index in [0.29, 0.717) is 0 Å². The van der Waals surface area contributed by atoms with Gasteiger partial charge in [-0.2, -0.15) is 0 Å². The zero-order chi connectivity index (χ0) is 6.69. The summed E-state index contributed by atoms with van der Waals surface area (Å²) in [5, 5.41) is 5.51. The predicted molar refractivity (Wildman–Crippen MR) is 41.5 cm³/mol. The van der Waals surface area contributed by atoms with Crippen LogP contribution in [-0.4, -0.2) is 14.3 Å². The van der Waals surface area contributed by atoms with Gasteiger partial charge in [-0.1, -0.05) is 0 Å². The molecule has 46 valence electrons. The second-order valence-electron chi connectivity index (χ2n) is 1.88. The van der Waals surface area contributed by atoms with E-state index in [2.05, 4.69) is 19.1 Å². The third-order valence-electron chi connectivity index (χ3n) is 1.22. The number of hydrogen-bond acceptors (Lipinski definition) is 0. The molecule has 0 amide bonds. The molecule has 1 heteroatoms. The Balaban J connectivity index is 3.20. The van der Waals surface area contributed by atoms with Crippen LogP contribution < -0.4 is 4.46 Å². The van der Waals surface area contributed by atoms with Crippen LogP contribution in [0.25, 0.3) is 0 Å². The van der Waals surface area contributed by atoms with Crippen LogP contribution in [0.15, 0.2) is 24.3 Å². The summed E-state index contributed by atoms with van der Waals surface area (Å²) < 4.78 is 1.30. The van der Waals surface area contributed by atoms with Crippen molar-refractivity contribution in [1.29, 1.82) is 0 Å². The standard InChI is InChI=1S/C8H8Se/c1-7-5-3-4-6-8(7)9-2/h2-6H,1H3. The van der Waals surface area contributed by atoms with Crippen LogP contribution in [0.4, 0.5) is 0 Å². The van der Waals surface area contributed by atoms with Crippen molar-refractivity contribution < 1.29 is 0 Å². The summed E-state index contributed by atoms with van der Waals surface area (Å²) in [5.41, 5.74) is 1.31. The molecule has 0 saturated heterocycles. The van der Waals surface area contributed by atoms with Gasteiger partial charge in [-0.15, -0.1) is 0 Å². The topological polar surface area (TPSA) is 0 Å². The van der Waals surface area contributed by atoms with Gasteiger partial charge in [0.05, 0.1) is 0 Å². The van der Waals surface area contributed by atoms with Crippen molar-refractivity contribution in [3.63, 3.8) is 0 Å². The van der Waals surface area contributed by atoms with Gasteiger partial charge in [-0.05, 0) is 0 Å². The van der Waals surface area contributed by atoms with Crippen LogP contribution in [0.3, 0.4) is 0 Å². The van der Waals surface area contributed by atoms with Gasteiger partial charge in [0.15, 0.2) is 0 Å². The van der Waals surface area contributed by atoms with E-state index < -0.39 is 0 Å². The predicted octanol–water partition coefficient (Wildman–Crippen LogP) is 0.914. The van der Waals surface area contributed by atoms with Gasteiger partial charge in [0.1, 0.15) is 0 Å². The van der Waals surface area contributed by atoms with Crippen LogP contribution >= 0.6 is 0 Å². The molecule has 0 aliphatic carbocycles. The summed E-state index contributed by atoms with van der Waals surface area (Å²) in [7, 11) is 0. The first-order valence-electron chi connectivity index (χ1n) is 2.77.